The lowest BCUT2D eigenvalue weighted by Crippen LogP contribution is -2.41. The molecule has 1 saturated heterocycles. The topological polar surface area (TPSA) is 57.1 Å². The van der Waals surface area contributed by atoms with E-state index in [2.05, 4.69) is 121 Å². The van der Waals surface area contributed by atoms with Gasteiger partial charge in [-0.05, 0) is 86.5 Å². The third-order valence-electron chi connectivity index (χ3n) is 12.4. The van der Waals surface area contributed by atoms with Gasteiger partial charge in [-0.1, -0.05) is 159 Å². The van der Waals surface area contributed by atoms with E-state index in [1.165, 1.54) is 22.3 Å². The molecule has 1 aliphatic carbocycles. The van der Waals surface area contributed by atoms with Gasteiger partial charge in [0.1, 0.15) is 0 Å². The molecule has 55 heavy (non-hydrogen) atoms. The Kier molecular flexibility index (Phi) is 9.69. The molecule has 2 aliphatic rings. The second kappa shape index (κ2) is 14.5. The Labute approximate surface area is 327 Å². The van der Waals surface area contributed by atoms with Gasteiger partial charge in [0.25, 0.3) is 0 Å². The van der Waals surface area contributed by atoms with Gasteiger partial charge in [0, 0.05) is 22.1 Å². The Bertz CT molecular complexity index is 2210. The van der Waals surface area contributed by atoms with Crippen LogP contribution in [0, 0.1) is 11.8 Å². The molecule has 6 aromatic rings. The van der Waals surface area contributed by atoms with Crippen LogP contribution in [-0.4, -0.2) is 33.3 Å². The van der Waals surface area contributed by atoms with E-state index in [1.54, 1.807) is 0 Å². The first kappa shape index (κ1) is 36.8. The second-order valence-corrected chi connectivity index (χ2v) is 16.8. The van der Waals surface area contributed by atoms with Gasteiger partial charge in [-0.3, -0.25) is 0 Å². The zero-order valence-corrected chi connectivity index (χ0v) is 32.9. The number of benzene rings is 5. The lowest BCUT2D eigenvalue weighted by molar-refractivity contribution is 0.00578. The molecule has 276 valence electrons. The largest absolute Gasteiger partial charge is 0.494 e. The molecule has 3 atom stereocenters. The number of rotatable bonds is 8. The molecule has 0 amide bonds. The fourth-order valence-electron chi connectivity index (χ4n) is 8.38. The predicted octanol–water partition coefficient (Wildman–Crippen LogP) is 11.1. The summed E-state index contributed by atoms with van der Waals surface area (Å²) in [6, 6.07) is 46.9. The highest BCUT2D eigenvalue weighted by Crippen LogP contribution is 2.48. The first-order valence-electron chi connectivity index (χ1n) is 19.6. The highest BCUT2D eigenvalue weighted by Gasteiger charge is 2.52. The SMILES string of the molecule is C=C1CC(C)CC(C(C)(c2ccc(B3OC(C)(C)C(C)(C)O3)cc2)c2ccc(-c3ccc(-c4nc(-c5ccccc5)nc(-c5ccccc5)n4)cc3)cc2)C1. The first-order valence-corrected chi connectivity index (χ1v) is 19.6. The van der Waals surface area contributed by atoms with Crippen molar-refractivity contribution in [1.29, 1.82) is 0 Å². The maximum absolute atomic E-state index is 6.40. The van der Waals surface area contributed by atoms with Gasteiger partial charge in [0.15, 0.2) is 17.5 Å². The van der Waals surface area contributed by atoms with Crippen molar-refractivity contribution in [1.82, 2.24) is 15.0 Å². The van der Waals surface area contributed by atoms with Crippen LogP contribution in [0.4, 0.5) is 0 Å². The van der Waals surface area contributed by atoms with Crippen LogP contribution >= 0.6 is 0 Å². The molecule has 0 radical (unpaired) electrons. The normalized spacial score (nSPS) is 20.3. The van der Waals surface area contributed by atoms with Crippen molar-refractivity contribution in [2.24, 2.45) is 11.8 Å². The summed E-state index contributed by atoms with van der Waals surface area (Å²) in [5, 5.41) is 0. The van der Waals surface area contributed by atoms with Crippen molar-refractivity contribution < 1.29 is 9.31 Å². The molecule has 1 saturated carbocycles. The summed E-state index contributed by atoms with van der Waals surface area (Å²) in [6.45, 7) is 17.7. The summed E-state index contributed by atoms with van der Waals surface area (Å²) in [7, 11) is -0.382. The number of allylic oxidation sites excluding steroid dienone is 1. The van der Waals surface area contributed by atoms with Crippen molar-refractivity contribution in [2.75, 3.05) is 0 Å². The molecule has 0 spiro atoms. The van der Waals surface area contributed by atoms with Crippen LogP contribution in [0.25, 0.3) is 45.3 Å². The lowest BCUT2D eigenvalue weighted by atomic mass is 9.60. The molecule has 5 nitrogen and oxygen atoms in total. The summed E-state index contributed by atoms with van der Waals surface area (Å²) < 4.78 is 12.8. The van der Waals surface area contributed by atoms with Gasteiger partial charge < -0.3 is 9.31 Å². The molecule has 6 heteroatoms. The number of hydrogen-bond donors (Lipinski definition) is 0. The highest BCUT2D eigenvalue weighted by atomic mass is 16.7. The van der Waals surface area contributed by atoms with Gasteiger partial charge in [0.2, 0.25) is 0 Å². The number of hydrogen-bond acceptors (Lipinski definition) is 5. The smallest absolute Gasteiger partial charge is 0.399 e. The Hall–Kier alpha value is -5.17. The molecular formula is C49H50BN3O2. The molecule has 2 fully saturated rings. The minimum atomic E-state index is -0.382. The maximum Gasteiger partial charge on any atom is 0.494 e. The van der Waals surface area contributed by atoms with Crippen molar-refractivity contribution in [3.63, 3.8) is 0 Å². The van der Waals surface area contributed by atoms with E-state index in [1.807, 2.05) is 60.7 Å². The van der Waals surface area contributed by atoms with Crippen molar-refractivity contribution in [2.45, 2.75) is 77.4 Å². The molecule has 1 aromatic heterocycles. The Morgan fingerprint density at radius 2 is 0.964 bits per heavy atom. The standard InChI is InChI=1S/C49H50BN3O2/c1-33-30-34(2)32-42(31-33)49(7,41-26-28-43(29-27-41)50-54-47(3,4)48(5,6)55-50)40-24-22-36(23-25-40)35-18-20-39(21-19-35)46-52-44(37-14-10-8-11-15-37)51-45(53-46)38-16-12-9-13-17-38/h8-29,34,42H,1,30-32H2,2-7H3. The molecule has 0 bridgehead atoms. The van der Waals surface area contributed by atoms with Crippen LogP contribution in [0.2, 0.25) is 0 Å². The average Bonchev–Trinajstić information content (AvgIpc) is 3.43. The van der Waals surface area contributed by atoms with E-state index < -0.39 is 0 Å². The fraction of sp³-hybridized carbons (Fsp3) is 0.286. The quantitative estimate of drug-likeness (QED) is 0.116. The zero-order valence-electron chi connectivity index (χ0n) is 32.9. The summed E-state index contributed by atoms with van der Waals surface area (Å²) in [6.07, 6.45) is 3.29. The van der Waals surface area contributed by atoms with Crippen LogP contribution in [0.1, 0.15) is 71.9 Å². The summed E-state index contributed by atoms with van der Waals surface area (Å²) in [5.74, 6) is 3.00. The van der Waals surface area contributed by atoms with E-state index in [0.29, 0.717) is 29.3 Å². The van der Waals surface area contributed by atoms with Crippen molar-refractivity contribution in [3.8, 4) is 45.3 Å². The minimum absolute atomic E-state index is 0.208. The molecule has 5 aromatic carbocycles. The number of nitrogens with zero attached hydrogens (tertiary/aromatic N) is 3. The van der Waals surface area contributed by atoms with E-state index in [0.717, 1.165) is 47.0 Å². The molecule has 3 unspecified atom stereocenters. The predicted molar refractivity (Wildman–Crippen MR) is 226 cm³/mol. The van der Waals surface area contributed by atoms with E-state index >= 15 is 0 Å². The maximum atomic E-state index is 6.40. The van der Waals surface area contributed by atoms with Crippen LogP contribution in [0.5, 0.6) is 0 Å². The van der Waals surface area contributed by atoms with Gasteiger partial charge in [0.05, 0.1) is 11.2 Å². The molecule has 2 heterocycles. The van der Waals surface area contributed by atoms with Gasteiger partial charge in [-0.25, -0.2) is 15.0 Å². The third kappa shape index (κ3) is 7.22. The third-order valence-corrected chi connectivity index (χ3v) is 12.4. The lowest BCUT2D eigenvalue weighted by Gasteiger charge is -2.43. The van der Waals surface area contributed by atoms with Gasteiger partial charge in [-0.15, -0.1) is 0 Å². The van der Waals surface area contributed by atoms with Crippen molar-refractivity contribution in [3.05, 3.63) is 157 Å². The Morgan fingerprint density at radius 3 is 1.42 bits per heavy atom. The molecule has 1 aliphatic heterocycles. The zero-order chi connectivity index (χ0) is 38.4. The van der Waals surface area contributed by atoms with Gasteiger partial charge >= 0.3 is 7.12 Å². The Balaban J connectivity index is 1.10. The monoisotopic (exact) mass is 723 g/mol. The van der Waals surface area contributed by atoms with E-state index in [9.17, 15) is 0 Å². The fourth-order valence-corrected chi connectivity index (χ4v) is 8.38. The number of aromatic nitrogens is 3. The molecular weight excluding hydrogens is 673 g/mol. The summed E-state index contributed by atoms with van der Waals surface area (Å²) in [5.41, 5.74) is 9.23. The van der Waals surface area contributed by atoms with Crippen LogP contribution in [0.15, 0.2) is 146 Å². The first-order chi connectivity index (χ1) is 26.4. The van der Waals surface area contributed by atoms with Crippen LogP contribution < -0.4 is 5.46 Å². The highest BCUT2D eigenvalue weighted by molar-refractivity contribution is 6.62. The average molecular weight is 724 g/mol. The second-order valence-electron chi connectivity index (χ2n) is 16.8. The Morgan fingerprint density at radius 1 is 0.564 bits per heavy atom. The van der Waals surface area contributed by atoms with Crippen molar-refractivity contribution >= 4 is 12.6 Å². The minimum Gasteiger partial charge on any atom is -0.399 e. The molecule has 8 rings (SSSR count). The van der Waals surface area contributed by atoms with E-state index in [4.69, 9.17) is 24.3 Å². The summed E-state index contributed by atoms with van der Waals surface area (Å²) in [4.78, 5) is 14.7. The van der Waals surface area contributed by atoms with Crippen LogP contribution in [-0.2, 0) is 14.7 Å². The van der Waals surface area contributed by atoms with E-state index in [-0.39, 0.29) is 23.7 Å². The summed E-state index contributed by atoms with van der Waals surface area (Å²) >= 11 is 0. The van der Waals surface area contributed by atoms with Gasteiger partial charge in [-0.2, -0.15) is 0 Å². The molecule has 0 N–H and O–H groups in total. The van der Waals surface area contributed by atoms with Crippen LogP contribution in [0.3, 0.4) is 0 Å².